The molecule has 3 N–H and O–H groups in total. The van der Waals surface area contributed by atoms with Gasteiger partial charge >= 0.3 is 5.97 Å². The summed E-state index contributed by atoms with van der Waals surface area (Å²) in [6.07, 6.45) is 0.710. The molecule has 0 aromatic carbocycles. The molecule has 0 aliphatic heterocycles. The minimum absolute atomic E-state index is 0.0567. The lowest BCUT2D eigenvalue weighted by molar-refractivity contribution is -0.146. The van der Waals surface area contributed by atoms with Crippen molar-refractivity contribution in [3.05, 3.63) is 0 Å². The van der Waals surface area contributed by atoms with E-state index in [0.717, 1.165) is 0 Å². The third kappa shape index (κ3) is 5.33. The van der Waals surface area contributed by atoms with Crippen molar-refractivity contribution in [1.29, 1.82) is 0 Å². The molecule has 0 aromatic heterocycles. The summed E-state index contributed by atoms with van der Waals surface area (Å²) in [5.74, 6) is -1.72. The van der Waals surface area contributed by atoms with Crippen LogP contribution in [-0.2, 0) is 19.1 Å². The SMILES string of the molecule is CC[C@H](C)[C@@H](NC(=O)COC(C)=O)C(N)=O. The summed E-state index contributed by atoms with van der Waals surface area (Å²) in [7, 11) is 0. The minimum Gasteiger partial charge on any atom is -0.456 e. The van der Waals surface area contributed by atoms with Crippen molar-refractivity contribution >= 4 is 17.8 Å². The maximum absolute atomic E-state index is 11.3. The Labute approximate surface area is 94.5 Å². The van der Waals surface area contributed by atoms with Crippen LogP contribution in [0.1, 0.15) is 27.2 Å². The molecule has 0 bridgehead atoms. The lowest BCUT2D eigenvalue weighted by Gasteiger charge is -2.20. The zero-order chi connectivity index (χ0) is 12.7. The number of primary amides is 1. The van der Waals surface area contributed by atoms with Crippen molar-refractivity contribution in [3.8, 4) is 0 Å². The fourth-order valence-electron chi connectivity index (χ4n) is 1.11. The molecule has 0 unspecified atom stereocenters. The Kier molecular flexibility index (Phi) is 6.14. The van der Waals surface area contributed by atoms with Crippen LogP contribution in [0.3, 0.4) is 0 Å². The number of ether oxygens (including phenoxy) is 1. The van der Waals surface area contributed by atoms with E-state index in [-0.39, 0.29) is 5.92 Å². The highest BCUT2D eigenvalue weighted by atomic mass is 16.5. The average Bonchev–Trinajstić information content (AvgIpc) is 2.21. The van der Waals surface area contributed by atoms with Gasteiger partial charge < -0.3 is 15.8 Å². The Morgan fingerprint density at radius 2 is 1.94 bits per heavy atom. The third-order valence-corrected chi connectivity index (χ3v) is 2.24. The van der Waals surface area contributed by atoms with Crippen molar-refractivity contribution in [3.63, 3.8) is 0 Å². The van der Waals surface area contributed by atoms with Gasteiger partial charge in [-0.2, -0.15) is 0 Å². The van der Waals surface area contributed by atoms with Crippen LogP contribution in [-0.4, -0.2) is 30.4 Å². The van der Waals surface area contributed by atoms with Crippen molar-refractivity contribution in [2.75, 3.05) is 6.61 Å². The molecule has 0 saturated carbocycles. The second-order valence-electron chi connectivity index (χ2n) is 3.61. The molecule has 0 heterocycles. The monoisotopic (exact) mass is 230 g/mol. The summed E-state index contributed by atoms with van der Waals surface area (Å²) in [5.41, 5.74) is 5.16. The van der Waals surface area contributed by atoms with E-state index in [2.05, 4.69) is 10.1 Å². The highest BCUT2D eigenvalue weighted by molar-refractivity contribution is 5.87. The maximum Gasteiger partial charge on any atom is 0.303 e. The van der Waals surface area contributed by atoms with Gasteiger partial charge in [-0.1, -0.05) is 20.3 Å². The quantitative estimate of drug-likeness (QED) is 0.604. The number of carbonyl (C=O) groups is 3. The molecule has 92 valence electrons. The van der Waals surface area contributed by atoms with Gasteiger partial charge in [0.2, 0.25) is 5.91 Å². The molecule has 0 saturated heterocycles. The Morgan fingerprint density at radius 1 is 1.38 bits per heavy atom. The highest BCUT2D eigenvalue weighted by Gasteiger charge is 2.23. The van der Waals surface area contributed by atoms with Crippen molar-refractivity contribution < 1.29 is 19.1 Å². The molecule has 6 heteroatoms. The van der Waals surface area contributed by atoms with Crippen LogP contribution in [0.5, 0.6) is 0 Å². The number of nitrogens with two attached hydrogens (primary N) is 1. The molecule has 0 rings (SSSR count). The lowest BCUT2D eigenvalue weighted by atomic mass is 9.99. The Bertz CT molecular complexity index is 278. The van der Waals surface area contributed by atoms with Gasteiger partial charge in [-0.15, -0.1) is 0 Å². The minimum atomic E-state index is -0.729. The van der Waals surface area contributed by atoms with Gasteiger partial charge in [0, 0.05) is 6.92 Å². The molecule has 0 fully saturated rings. The predicted octanol–water partition coefficient (Wildman–Crippen LogP) is -0.434. The Morgan fingerprint density at radius 3 is 2.31 bits per heavy atom. The van der Waals surface area contributed by atoms with Gasteiger partial charge in [-0.25, -0.2) is 0 Å². The van der Waals surface area contributed by atoms with Crippen molar-refractivity contribution in [2.24, 2.45) is 11.7 Å². The molecule has 2 atom stereocenters. The summed E-state index contributed by atoms with van der Waals surface area (Å²) in [6.45, 7) is 4.50. The van der Waals surface area contributed by atoms with E-state index in [1.165, 1.54) is 6.92 Å². The largest absolute Gasteiger partial charge is 0.456 e. The Hall–Kier alpha value is -1.59. The topological polar surface area (TPSA) is 98.5 Å². The third-order valence-electron chi connectivity index (χ3n) is 2.24. The summed E-state index contributed by atoms with van der Waals surface area (Å²) >= 11 is 0. The maximum atomic E-state index is 11.3. The van der Waals surface area contributed by atoms with E-state index in [4.69, 9.17) is 5.73 Å². The van der Waals surface area contributed by atoms with Gasteiger partial charge in [0.25, 0.3) is 5.91 Å². The molecule has 2 amide bonds. The van der Waals surface area contributed by atoms with Gasteiger partial charge in [0.1, 0.15) is 6.04 Å². The molecule has 0 aliphatic rings. The summed E-state index contributed by atoms with van der Waals surface area (Å²) in [6, 6.07) is -0.729. The number of esters is 1. The van der Waals surface area contributed by atoms with Crippen LogP contribution >= 0.6 is 0 Å². The molecule has 0 spiro atoms. The normalized spacial score (nSPS) is 13.7. The number of rotatable bonds is 6. The average molecular weight is 230 g/mol. The Balaban J connectivity index is 4.24. The number of carbonyl (C=O) groups excluding carboxylic acids is 3. The number of nitrogens with one attached hydrogen (secondary N) is 1. The van der Waals surface area contributed by atoms with Gasteiger partial charge in [0.05, 0.1) is 0 Å². The van der Waals surface area contributed by atoms with Gasteiger partial charge in [-0.3, -0.25) is 14.4 Å². The second-order valence-corrected chi connectivity index (χ2v) is 3.61. The van der Waals surface area contributed by atoms with Crippen LogP contribution in [0, 0.1) is 5.92 Å². The van der Waals surface area contributed by atoms with Gasteiger partial charge in [-0.05, 0) is 5.92 Å². The molecular weight excluding hydrogens is 212 g/mol. The second kappa shape index (κ2) is 6.81. The van der Waals surface area contributed by atoms with Crippen LogP contribution in [0.4, 0.5) is 0 Å². The van der Waals surface area contributed by atoms with E-state index in [1.54, 1.807) is 0 Å². The summed E-state index contributed by atoms with van der Waals surface area (Å²) in [5, 5.41) is 2.43. The van der Waals surface area contributed by atoms with E-state index >= 15 is 0 Å². The first-order valence-corrected chi connectivity index (χ1v) is 5.10. The molecule has 0 aromatic rings. The standard InChI is InChI=1S/C10H18N2O4/c1-4-6(2)9(10(11)15)12-8(14)5-16-7(3)13/h6,9H,4-5H2,1-3H3,(H2,11,15)(H,12,14)/t6-,9+/m0/s1. The fraction of sp³-hybridized carbons (Fsp3) is 0.700. The van der Waals surface area contributed by atoms with Crippen LogP contribution in [0.15, 0.2) is 0 Å². The molecule has 0 aliphatic carbocycles. The first-order valence-electron chi connectivity index (χ1n) is 5.10. The fourth-order valence-corrected chi connectivity index (χ4v) is 1.11. The van der Waals surface area contributed by atoms with Gasteiger partial charge in [0.15, 0.2) is 6.61 Å². The number of hydrogen-bond donors (Lipinski definition) is 2. The van der Waals surface area contributed by atoms with Crippen molar-refractivity contribution in [1.82, 2.24) is 5.32 Å². The van der Waals surface area contributed by atoms with E-state index in [0.29, 0.717) is 6.42 Å². The summed E-state index contributed by atoms with van der Waals surface area (Å²) in [4.78, 5) is 32.8. The van der Waals surface area contributed by atoms with Crippen LogP contribution in [0.2, 0.25) is 0 Å². The van der Waals surface area contributed by atoms with Crippen molar-refractivity contribution in [2.45, 2.75) is 33.2 Å². The first-order chi connectivity index (χ1) is 7.38. The molecular formula is C10H18N2O4. The molecule has 16 heavy (non-hydrogen) atoms. The number of hydrogen-bond acceptors (Lipinski definition) is 4. The lowest BCUT2D eigenvalue weighted by Crippen LogP contribution is -2.49. The van der Waals surface area contributed by atoms with Crippen LogP contribution in [0.25, 0.3) is 0 Å². The smallest absolute Gasteiger partial charge is 0.303 e. The van der Waals surface area contributed by atoms with E-state index in [1.807, 2.05) is 13.8 Å². The summed E-state index contributed by atoms with van der Waals surface area (Å²) < 4.78 is 4.49. The number of amides is 2. The molecule has 6 nitrogen and oxygen atoms in total. The zero-order valence-corrected chi connectivity index (χ0v) is 9.78. The first kappa shape index (κ1) is 14.4. The molecule has 0 radical (unpaired) electrons. The van der Waals surface area contributed by atoms with Crippen LogP contribution < -0.4 is 11.1 Å². The van der Waals surface area contributed by atoms with E-state index < -0.39 is 30.4 Å². The zero-order valence-electron chi connectivity index (χ0n) is 9.78. The highest BCUT2D eigenvalue weighted by Crippen LogP contribution is 2.06. The van der Waals surface area contributed by atoms with E-state index in [9.17, 15) is 14.4 Å². The predicted molar refractivity (Wildman–Crippen MR) is 57.2 cm³/mol.